The molecule has 148 valence electrons. The Labute approximate surface area is 177 Å². The first-order valence-electron chi connectivity index (χ1n) is 9.24. The third-order valence-electron chi connectivity index (χ3n) is 4.82. The molecule has 2 heterocycles. The van der Waals surface area contributed by atoms with Crippen LogP contribution in [0.5, 0.6) is 0 Å². The molecule has 1 atom stereocenters. The van der Waals surface area contributed by atoms with E-state index in [4.69, 9.17) is 0 Å². The van der Waals surface area contributed by atoms with Gasteiger partial charge in [-0.2, -0.15) is 5.10 Å². The zero-order chi connectivity index (χ0) is 20.2. The van der Waals surface area contributed by atoms with Gasteiger partial charge in [0.05, 0.1) is 27.7 Å². The smallest absolute Gasteiger partial charge is 0.232 e. The highest BCUT2D eigenvalue weighted by atomic mass is 32.2. The van der Waals surface area contributed by atoms with E-state index in [1.165, 1.54) is 11.0 Å². The Kier molecular flexibility index (Phi) is 5.92. The van der Waals surface area contributed by atoms with Crippen molar-refractivity contribution >= 4 is 39.2 Å². The van der Waals surface area contributed by atoms with Crippen molar-refractivity contribution in [2.45, 2.75) is 18.7 Å². The second kappa shape index (κ2) is 8.75. The number of para-hydroxylation sites is 1. The van der Waals surface area contributed by atoms with Gasteiger partial charge >= 0.3 is 0 Å². The predicted molar refractivity (Wildman–Crippen MR) is 118 cm³/mol. The van der Waals surface area contributed by atoms with Crippen molar-refractivity contribution in [3.05, 3.63) is 71.8 Å². The number of aromatic nitrogens is 4. The zero-order valence-corrected chi connectivity index (χ0v) is 17.9. The third-order valence-corrected chi connectivity index (χ3v) is 6.97. The number of amides is 1. The van der Waals surface area contributed by atoms with Gasteiger partial charge in [-0.3, -0.25) is 4.79 Å². The lowest BCUT2D eigenvalue weighted by molar-refractivity contribution is -0.128. The molecule has 2 aromatic heterocycles. The number of thiazole rings is 1. The molecule has 4 rings (SSSR count). The van der Waals surface area contributed by atoms with E-state index in [0.717, 1.165) is 27.5 Å². The van der Waals surface area contributed by atoms with Gasteiger partial charge in [-0.15, -0.1) is 23.1 Å². The molecule has 0 aliphatic heterocycles. The summed E-state index contributed by atoms with van der Waals surface area (Å²) in [4.78, 5) is 23.0. The Morgan fingerprint density at radius 3 is 2.72 bits per heavy atom. The van der Waals surface area contributed by atoms with Crippen LogP contribution >= 0.6 is 23.1 Å². The minimum atomic E-state index is -0.00431. The average molecular weight is 424 g/mol. The van der Waals surface area contributed by atoms with Gasteiger partial charge < -0.3 is 4.90 Å². The molecular weight excluding hydrogens is 402 g/mol. The largest absolute Gasteiger partial charge is 0.338 e. The molecule has 0 bridgehead atoms. The fourth-order valence-corrected chi connectivity index (χ4v) is 4.96. The number of hydrogen-bond acceptors (Lipinski definition) is 6. The number of thioether (sulfide) groups is 1. The van der Waals surface area contributed by atoms with Crippen LogP contribution in [0, 0.1) is 0 Å². The minimum absolute atomic E-state index is 0.00431. The molecule has 0 aliphatic rings. The molecule has 4 aromatic rings. The predicted octanol–water partition coefficient (Wildman–Crippen LogP) is 4.33. The van der Waals surface area contributed by atoms with Crippen molar-refractivity contribution in [2.24, 2.45) is 0 Å². The number of hydrogen-bond donors (Lipinski definition) is 0. The van der Waals surface area contributed by atoms with E-state index >= 15 is 0 Å². The lowest BCUT2D eigenvalue weighted by Crippen LogP contribution is -2.31. The van der Waals surface area contributed by atoms with Crippen LogP contribution < -0.4 is 0 Å². The molecule has 8 heteroatoms. The normalized spacial score (nSPS) is 12.2. The summed E-state index contributed by atoms with van der Waals surface area (Å²) in [5.74, 6) is 1.30. The van der Waals surface area contributed by atoms with Crippen LogP contribution in [0.2, 0.25) is 0 Å². The van der Waals surface area contributed by atoms with Gasteiger partial charge in [-0.25, -0.2) is 14.6 Å². The van der Waals surface area contributed by atoms with E-state index in [9.17, 15) is 4.79 Å². The first-order chi connectivity index (χ1) is 14.1. The summed E-state index contributed by atoms with van der Waals surface area (Å²) in [6.07, 6.45) is 3.17. The van der Waals surface area contributed by atoms with Gasteiger partial charge in [0.15, 0.2) is 0 Å². The highest BCUT2D eigenvalue weighted by Gasteiger charge is 2.17. The average Bonchev–Trinajstić information content (AvgIpc) is 3.42. The highest BCUT2D eigenvalue weighted by molar-refractivity contribution is 7.99. The van der Waals surface area contributed by atoms with Gasteiger partial charge in [0.1, 0.15) is 17.7 Å². The number of rotatable bonds is 7. The molecule has 0 fully saturated rings. The fraction of sp³-hybridized carbons (Fsp3) is 0.238. The first-order valence-corrected chi connectivity index (χ1v) is 11.2. The van der Waals surface area contributed by atoms with Gasteiger partial charge in [0.2, 0.25) is 5.91 Å². The summed E-state index contributed by atoms with van der Waals surface area (Å²) in [5, 5.41) is 5.19. The molecule has 2 aromatic carbocycles. The lowest BCUT2D eigenvalue weighted by Gasteiger charge is -2.25. The molecule has 0 saturated heterocycles. The molecule has 0 radical (unpaired) electrons. The number of nitrogens with zero attached hydrogens (tertiary/aromatic N) is 5. The van der Waals surface area contributed by atoms with Crippen molar-refractivity contribution in [2.75, 3.05) is 12.8 Å². The quantitative estimate of drug-likeness (QED) is 0.443. The summed E-state index contributed by atoms with van der Waals surface area (Å²) in [5.41, 5.74) is 3.05. The van der Waals surface area contributed by atoms with Crippen LogP contribution in [-0.4, -0.2) is 43.4 Å². The molecule has 0 saturated carbocycles. The summed E-state index contributed by atoms with van der Waals surface area (Å²) in [7, 11) is 1.86. The monoisotopic (exact) mass is 423 g/mol. The molecule has 0 aliphatic carbocycles. The summed E-state index contributed by atoms with van der Waals surface area (Å²) in [6.45, 7) is 2.04. The maximum atomic E-state index is 12.6. The van der Waals surface area contributed by atoms with Crippen LogP contribution in [0.3, 0.4) is 0 Å². The van der Waals surface area contributed by atoms with Gasteiger partial charge in [-0.05, 0) is 36.8 Å². The second-order valence-electron chi connectivity index (χ2n) is 6.68. The molecule has 29 heavy (non-hydrogen) atoms. The minimum Gasteiger partial charge on any atom is -0.338 e. The SMILES string of the molecule is CC(c1ccc(-n2cncn2)cc1)N(C)C(=O)CSCc1nc2ccccc2s1. The van der Waals surface area contributed by atoms with Gasteiger partial charge in [-0.1, -0.05) is 24.3 Å². The number of benzene rings is 2. The number of fused-ring (bicyclic) bond motifs is 1. The van der Waals surface area contributed by atoms with E-state index in [0.29, 0.717) is 5.75 Å². The fourth-order valence-electron chi connectivity index (χ4n) is 3.00. The van der Waals surface area contributed by atoms with Crippen molar-refractivity contribution < 1.29 is 4.79 Å². The molecular formula is C21H21N5OS2. The van der Waals surface area contributed by atoms with Crippen LogP contribution in [0.1, 0.15) is 23.5 Å². The molecule has 1 unspecified atom stereocenters. The van der Waals surface area contributed by atoms with Crippen LogP contribution in [-0.2, 0) is 10.5 Å². The van der Waals surface area contributed by atoms with E-state index in [2.05, 4.69) is 21.1 Å². The number of carbonyl (C=O) groups is 1. The molecule has 6 nitrogen and oxygen atoms in total. The van der Waals surface area contributed by atoms with Crippen LogP contribution in [0.25, 0.3) is 15.9 Å². The summed E-state index contributed by atoms with van der Waals surface area (Å²) < 4.78 is 2.90. The molecule has 1 amide bonds. The van der Waals surface area contributed by atoms with E-state index in [1.54, 1.807) is 39.0 Å². The number of carbonyl (C=O) groups excluding carboxylic acids is 1. The van der Waals surface area contributed by atoms with Gasteiger partial charge in [0.25, 0.3) is 0 Å². The van der Waals surface area contributed by atoms with Crippen molar-refractivity contribution in [1.82, 2.24) is 24.6 Å². The van der Waals surface area contributed by atoms with E-state index < -0.39 is 0 Å². The highest BCUT2D eigenvalue weighted by Crippen LogP contribution is 2.26. The van der Waals surface area contributed by atoms with E-state index in [1.807, 2.05) is 56.4 Å². The summed E-state index contributed by atoms with van der Waals surface area (Å²) >= 11 is 3.30. The second-order valence-corrected chi connectivity index (χ2v) is 8.78. The Morgan fingerprint density at radius 1 is 1.21 bits per heavy atom. The topological polar surface area (TPSA) is 63.9 Å². The summed E-state index contributed by atoms with van der Waals surface area (Å²) in [6, 6.07) is 16.1. The molecule has 0 N–H and O–H groups in total. The van der Waals surface area contributed by atoms with Gasteiger partial charge in [0, 0.05) is 12.8 Å². The maximum Gasteiger partial charge on any atom is 0.232 e. The van der Waals surface area contributed by atoms with Crippen molar-refractivity contribution in [3.63, 3.8) is 0 Å². The Morgan fingerprint density at radius 2 is 2.00 bits per heavy atom. The third kappa shape index (κ3) is 4.49. The van der Waals surface area contributed by atoms with Crippen LogP contribution in [0.15, 0.2) is 61.2 Å². The Balaban J connectivity index is 1.32. The zero-order valence-electron chi connectivity index (χ0n) is 16.2. The maximum absolute atomic E-state index is 12.6. The van der Waals surface area contributed by atoms with Crippen molar-refractivity contribution in [3.8, 4) is 5.69 Å². The van der Waals surface area contributed by atoms with Crippen molar-refractivity contribution in [1.29, 1.82) is 0 Å². The lowest BCUT2D eigenvalue weighted by atomic mass is 10.1. The van der Waals surface area contributed by atoms with Crippen LogP contribution in [0.4, 0.5) is 0 Å². The standard InChI is InChI=1S/C21H21N5OS2/c1-15(16-7-9-17(10-8-16)26-14-22-13-23-26)25(2)21(27)12-28-11-20-24-18-5-3-4-6-19(18)29-20/h3-10,13-15H,11-12H2,1-2H3. The molecule has 0 spiro atoms. The van der Waals surface area contributed by atoms with E-state index in [-0.39, 0.29) is 11.9 Å². The Bertz CT molecular complexity index is 1060. The first kappa shape index (κ1) is 19.6. The Hall–Kier alpha value is -2.71.